The fourth-order valence-electron chi connectivity index (χ4n) is 2.14. The highest BCUT2D eigenvalue weighted by atomic mass is 16.5. The van der Waals surface area contributed by atoms with Gasteiger partial charge in [0.15, 0.2) is 0 Å². The Hall–Kier alpha value is -1.26. The Morgan fingerprint density at radius 2 is 1.95 bits per heavy atom. The van der Waals surface area contributed by atoms with Gasteiger partial charge in [-0.05, 0) is 37.3 Å². The van der Waals surface area contributed by atoms with Crippen LogP contribution >= 0.6 is 0 Å². The number of aliphatic hydroxyl groups is 1. The molecular formula is C16H27NO3. The largest absolute Gasteiger partial charge is 0.493 e. The smallest absolute Gasteiger partial charge is 0.123 e. The second-order valence-corrected chi connectivity index (χ2v) is 4.94. The summed E-state index contributed by atoms with van der Waals surface area (Å²) in [5, 5.41) is 8.92. The molecule has 1 aromatic carbocycles. The van der Waals surface area contributed by atoms with Crippen LogP contribution in [-0.4, -0.2) is 31.5 Å². The van der Waals surface area contributed by atoms with Gasteiger partial charge in [0.05, 0.1) is 6.61 Å². The number of rotatable bonds is 11. The fraction of sp³-hybridized carbons (Fsp3) is 0.625. The van der Waals surface area contributed by atoms with Gasteiger partial charge in [-0.3, -0.25) is 0 Å². The molecule has 0 saturated heterocycles. The summed E-state index contributed by atoms with van der Waals surface area (Å²) in [6.07, 6.45) is 4.11. The highest BCUT2D eigenvalue weighted by Gasteiger charge is 2.09. The van der Waals surface area contributed by atoms with Crippen LogP contribution < -0.4 is 15.2 Å². The Kier molecular flexibility index (Phi) is 8.83. The Morgan fingerprint density at radius 1 is 1.20 bits per heavy atom. The number of nitrogens with two attached hydrogens (primary N) is 1. The predicted molar refractivity (Wildman–Crippen MR) is 81.2 cm³/mol. The van der Waals surface area contributed by atoms with Crippen molar-refractivity contribution in [1.29, 1.82) is 0 Å². The van der Waals surface area contributed by atoms with Crippen molar-refractivity contribution >= 4 is 0 Å². The lowest BCUT2D eigenvalue weighted by Gasteiger charge is -2.17. The average molecular weight is 281 g/mol. The van der Waals surface area contributed by atoms with Gasteiger partial charge in [-0.1, -0.05) is 19.4 Å². The van der Waals surface area contributed by atoms with Crippen molar-refractivity contribution in [2.45, 2.75) is 32.6 Å². The molecule has 0 amide bonds. The summed E-state index contributed by atoms with van der Waals surface area (Å²) in [6, 6.07) is 7.65. The van der Waals surface area contributed by atoms with E-state index in [4.69, 9.17) is 20.3 Å². The van der Waals surface area contributed by atoms with Gasteiger partial charge in [-0.25, -0.2) is 0 Å². The standard InChI is InChI=1S/C16H27NO3/c1-2-5-14(6-4-10-18)13-20-16-8-3-7-15(12-16)19-11-9-17/h3,7-8,12,14,18H,2,4-6,9-11,13,17H2,1H3. The second-order valence-electron chi connectivity index (χ2n) is 4.94. The van der Waals surface area contributed by atoms with Crippen LogP contribution in [0, 0.1) is 5.92 Å². The van der Waals surface area contributed by atoms with E-state index in [1.807, 2.05) is 24.3 Å². The second kappa shape index (κ2) is 10.5. The van der Waals surface area contributed by atoms with Crippen LogP contribution in [0.1, 0.15) is 32.6 Å². The van der Waals surface area contributed by atoms with Crippen molar-refractivity contribution in [2.24, 2.45) is 11.7 Å². The van der Waals surface area contributed by atoms with Crippen LogP contribution in [0.3, 0.4) is 0 Å². The van der Waals surface area contributed by atoms with E-state index in [2.05, 4.69) is 6.92 Å². The van der Waals surface area contributed by atoms with Crippen molar-refractivity contribution in [3.05, 3.63) is 24.3 Å². The zero-order valence-corrected chi connectivity index (χ0v) is 12.4. The lowest BCUT2D eigenvalue weighted by Crippen LogP contribution is -2.13. The number of aliphatic hydroxyl groups excluding tert-OH is 1. The molecule has 0 radical (unpaired) electrons. The van der Waals surface area contributed by atoms with Gasteiger partial charge in [0.2, 0.25) is 0 Å². The molecule has 0 aliphatic carbocycles. The van der Waals surface area contributed by atoms with Crippen LogP contribution in [0.5, 0.6) is 11.5 Å². The van der Waals surface area contributed by atoms with E-state index < -0.39 is 0 Å². The molecule has 0 bridgehead atoms. The van der Waals surface area contributed by atoms with Crippen LogP contribution in [0.25, 0.3) is 0 Å². The van der Waals surface area contributed by atoms with E-state index in [-0.39, 0.29) is 6.61 Å². The zero-order chi connectivity index (χ0) is 14.6. The molecule has 0 aliphatic heterocycles. The first kappa shape index (κ1) is 16.8. The van der Waals surface area contributed by atoms with E-state index in [1.165, 1.54) is 0 Å². The molecule has 0 heterocycles. The molecule has 1 aromatic rings. The Labute approximate surface area is 121 Å². The quantitative estimate of drug-likeness (QED) is 0.654. The summed E-state index contributed by atoms with van der Waals surface area (Å²) < 4.78 is 11.3. The van der Waals surface area contributed by atoms with Crippen molar-refractivity contribution < 1.29 is 14.6 Å². The lowest BCUT2D eigenvalue weighted by atomic mass is 9.99. The molecule has 1 atom stereocenters. The van der Waals surface area contributed by atoms with E-state index in [0.29, 0.717) is 25.7 Å². The Bertz CT molecular complexity index is 357. The van der Waals surface area contributed by atoms with Crippen molar-refractivity contribution in [1.82, 2.24) is 0 Å². The summed E-state index contributed by atoms with van der Waals surface area (Å²) in [6.45, 7) is 4.13. The first-order chi connectivity index (χ1) is 9.80. The van der Waals surface area contributed by atoms with Crippen molar-refractivity contribution in [2.75, 3.05) is 26.4 Å². The fourth-order valence-corrected chi connectivity index (χ4v) is 2.14. The third kappa shape index (κ3) is 6.78. The molecular weight excluding hydrogens is 254 g/mol. The highest BCUT2D eigenvalue weighted by molar-refractivity contribution is 5.32. The maximum absolute atomic E-state index is 8.92. The molecule has 0 aliphatic rings. The van der Waals surface area contributed by atoms with Crippen molar-refractivity contribution in [3.63, 3.8) is 0 Å². The first-order valence-corrected chi connectivity index (χ1v) is 7.46. The minimum absolute atomic E-state index is 0.253. The summed E-state index contributed by atoms with van der Waals surface area (Å²) in [7, 11) is 0. The van der Waals surface area contributed by atoms with Gasteiger partial charge in [-0.15, -0.1) is 0 Å². The molecule has 0 aromatic heterocycles. The van der Waals surface area contributed by atoms with Crippen molar-refractivity contribution in [3.8, 4) is 11.5 Å². The molecule has 0 saturated carbocycles. The molecule has 1 unspecified atom stereocenters. The van der Waals surface area contributed by atoms with E-state index >= 15 is 0 Å². The van der Waals surface area contributed by atoms with E-state index in [1.54, 1.807) is 0 Å². The molecule has 0 spiro atoms. The van der Waals surface area contributed by atoms with Crippen LogP contribution in [0.15, 0.2) is 24.3 Å². The van der Waals surface area contributed by atoms with E-state index in [9.17, 15) is 0 Å². The summed E-state index contributed by atoms with van der Waals surface area (Å²) in [4.78, 5) is 0. The Balaban J connectivity index is 2.45. The summed E-state index contributed by atoms with van der Waals surface area (Å²) >= 11 is 0. The van der Waals surface area contributed by atoms with Gasteiger partial charge < -0.3 is 20.3 Å². The van der Waals surface area contributed by atoms with Gasteiger partial charge in [0.25, 0.3) is 0 Å². The van der Waals surface area contributed by atoms with Gasteiger partial charge in [0, 0.05) is 19.2 Å². The molecule has 1 rings (SSSR count). The predicted octanol–water partition coefficient (Wildman–Crippen LogP) is 2.59. The van der Waals surface area contributed by atoms with Crippen LogP contribution in [-0.2, 0) is 0 Å². The minimum atomic E-state index is 0.253. The molecule has 20 heavy (non-hydrogen) atoms. The maximum Gasteiger partial charge on any atom is 0.123 e. The number of benzene rings is 1. The molecule has 4 nitrogen and oxygen atoms in total. The van der Waals surface area contributed by atoms with Crippen LogP contribution in [0.2, 0.25) is 0 Å². The average Bonchev–Trinajstić information content (AvgIpc) is 2.48. The third-order valence-corrected chi connectivity index (χ3v) is 3.15. The summed E-state index contributed by atoms with van der Waals surface area (Å²) in [5.74, 6) is 2.11. The number of hydrogen-bond acceptors (Lipinski definition) is 4. The SMILES string of the molecule is CCCC(CCCO)COc1cccc(OCCN)c1. The first-order valence-electron chi connectivity index (χ1n) is 7.46. The lowest BCUT2D eigenvalue weighted by molar-refractivity contribution is 0.209. The van der Waals surface area contributed by atoms with Crippen LogP contribution in [0.4, 0.5) is 0 Å². The Morgan fingerprint density at radius 3 is 2.60 bits per heavy atom. The zero-order valence-electron chi connectivity index (χ0n) is 12.4. The molecule has 0 fully saturated rings. The van der Waals surface area contributed by atoms with E-state index in [0.717, 1.165) is 37.2 Å². The third-order valence-electron chi connectivity index (χ3n) is 3.15. The number of ether oxygens (including phenoxy) is 2. The minimum Gasteiger partial charge on any atom is -0.493 e. The monoisotopic (exact) mass is 281 g/mol. The summed E-state index contributed by atoms with van der Waals surface area (Å²) in [5.41, 5.74) is 5.42. The molecule has 3 N–H and O–H groups in total. The normalized spacial score (nSPS) is 12.2. The molecule has 4 heteroatoms. The maximum atomic E-state index is 8.92. The molecule has 114 valence electrons. The van der Waals surface area contributed by atoms with Gasteiger partial charge >= 0.3 is 0 Å². The van der Waals surface area contributed by atoms with Gasteiger partial charge in [0.1, 0.15) is 18.1 Å². The number of hydrogen-bond donors (Lipinski definition) is 2. The highest BCUT2D eigenvalue weighted by Crippen LogP contribution is 2.21. The van der Waals surface area contributed by atoms with Gasteiger partial charge in [-0.2, -0.15) is 0 Å². The topological polar surface area (TPSA) is 64.7 Å².